The summed E-state index contributed by atoms with van der Waals surface area (Å²) >= 11 is 5.90. The molecule has 0 aliphatic carbocycles. The van der Waals surface area contributed by atoms with Crippen LogP contribution in [0.15, 0.2) is 41.3 Å². The van der Waals surface area contributed by atoms with E-state index in [-0.39, 0.29) is 32.3 Å². The number of carbonyl (C=O) groups excluding carboxylic acids is 3. The number of carbonyl (C=O) groups is 3. The predicted octanol–water partition coefficient (Wildman–Crippen LogP) is 2.50. The molecule has 0 radical (unpaired) electrons. The number of anilines is 1. The van der Waals surface area contributed by atoms with Crippen molar-refractivity contribution in [1.29, 1.82) is 0 Å². The van der Waals surface area contributed by atoms with E-state index >= 15 is 0 Å². The second-order valence-electron chi connectivity index (χ2n) is 5.52. The minimum Gasteiger partial charge on any atom is -0.465 e. The summed E-state index contributed by atoms with van der Waals surface area (Å²) in [6.45, 7) is 0. The van der Waals surface area contributed by atoms with Crippen molar-refractivity contribution in [2.75, 3.05) is 26.1 Å². The molecule has 0 aliphatic heterocycles. The molecular formula is C18H16ClNO8S. The molecule has 9 nitrogen and oxygen atoms in total. The highest BCUT2D eigenvalue weighted by atomic mass is 35.5. The highest BCUT2D eigenvalue weighted by Crippen LogP contribution is 2.24. The molecule has 2 rings (SSSR count). The van der Waals surface area contributed by atoms with E-state index in [0.29, 0.717) is 0 Å². The molecule has 0 heterocycles. The lowest BCUT2D eigenvalue weighted by molar-refractivity contribution is 0.0587. The molecule has 2 aromatic rings. The van der Waals surface area contributed by atoms with E-state index in [1.165, 1.54) is 30.3 Å². The number of ether oxygens (including phenoxy) is 3. The van der Waals surface area contributed by atoms with Crippen molar-refractivity contribution < 1.29 is 37.0 Å². The molecule has 0 bridgehead atoms. The fourth-order valence-corrected chi connectivity index (χ4v) is 3.57. The number of halogens is 1. The molecule has 0 aromatic heterocycles. The summed E-state index contributed by atoms with van der Waals surface area (Å²) < 4.78 is 41.5. The Balaban J connectivity index is 2.50. The van der Waals surface area contributed by atoms with Gasteiger partial charge < -0.3 is 14.2 Å². The van der Waals surface area contributed by atoms with Gasteiger partial charge in [0, 0.05) is 0 Å². The van der Waals surface area contributed by atoms with Crippen LogP contribution in [-0.2, 0) is 24.2 Å². The number of methoxy groups -OCH3 is 3. The first kappa shape index (κ1) is 22.2. The summed E-state index contributed by atoms with van der Waals surface area (Å²) in [5, 5.41) is 0.0106. The maximum Gasteiger partial charge on any atom is 0.339 e. The molecule has 0 aliphatic rings. The molecule has 0 saturated carbocycles. The van der Waals surface area contributed by atoms with E-state index in [9.17, 15) is 22.8 Å². The van der Waals surface area contributed by atoms with Gasteiger partial charge in [-0.2, -0.15) is 0 Å². The molecule has 0 fully saturated rings. The van der Waals surface area contributed by atoms with Crippen LogP contribution in [0.25, 0.3) is 0 Å². The highest BCUT2D eigenvalue weighted by molar-refractivity contribution is 7.92. The molecule has 0 spiro atoms. The number of nitrogens with one attached hydrogen (secondary N) is 1. The van der Waals surface area contributed by atoms with Gasteiger partial charge in [-0.3, -0.25) is 4.72 Å². The number of hydrogen-bond acceptors (Lipinski definition) is 8. The molecule has 0 atom stereocenters. The van der Waals surface area contributed by atoms with Crippen molar-refractivity contribution in [3.8, 4) is 0 Å². The van der Waals surface area contributed by atoms with Crippen LogP contribution in [-0.4, -0.2) is 47.7 Å². The molecule has 0 saturated heterocycles. The van der Waals surface area contributed by atoms with Gasteiger partial charge in [0.05, 0.1) is 53.6 Å². The monoisotopic (exact) mass is 441 g/mol. The SMILES string of the molecule is COC(=O)c1cc(NS(=O)(=O)c2ccc(Cl)c(C(=O)OC)c2)cc(C(=O)OC)c1. The fraction of sp³-hybridized carbons (Fsp3) is 0.167. The molecule has 2 aromatic carbocycles. The normalized spacial score (nSPS) is 10.8. The first-order chi connectivity index (χ1) is 13.6. The lowest BCUT2D eigenvalue weighted by atomic mass is 10.1. The van der Waals surface area contributed by atoms with Gasteiger partial charge in [-0.25, -0.2) is 22.8 Å². The molecule has 154 valence electrons. The van der Waals surface area contributed by atoms with Gasteiger partial charge in [-0.15, -0.1) is 0 Å². The maximum absolute atomic E-state index is 12.7. The van der Waals surface area contributed by atoms with Crippen LogP contribution >= 0.6 is 11.6 Å². The summed E-state index contributed by atoms with van der Waals surface area (Å²) in [4.78, 5) is 35.1. The standard InChI is InChI=1S/C18H16ClNO8S/c1-26-16(21)10-6-11(17(22)27-2)8-12(7-10)20-29(24,25)13-4-5-15(19)14(9-13)18(23)28-3/h4-9,20H,1-3H3. The van der Waals surface area contributed by atoms with Gasteiger partial charge in [0.1, 0.15) is 0 Å². The number of hydrogen-bond donors (Lipinski definition) is 1. The molecule has 0 unspecified atom stereocenters. The average Bonchev–Trinajstić information content (AvgIpc) is 2.71. The van der Waals surface area contributed by atoms with Gasteiger partial charge in [-0.1, -0.05) is 11.6 Å². The Kier molecular flexibility index (Phi) is 6.83. The first-order valence-electron chi connectivity index (χ1n) is 7.85. The average molecular weight is 442 g/mol. The molecular weight excluding hydrogens is 426 g/mol. The summed E-state index contributed by atoms with van der Waals surface area (Å²) in [6.07, 6.45) is 0. The summed E-state index contributed by atoms with van der Waals surface area (Å²) in [5.41, 5.74) is -0.377. The third kappa shape index (κ3) is 5.04. The van der Waals surface area contributed by atoms with Crippen molar-refractivity contribution in [1.82, 2.24) is 0 Å². The van der Waals surface area contributed by atoms with Gasteiger partial charge in [0.15, 0.2) is 0 Å². The Labute approximate surface area is 171 Å². The Morgan fingerprint density at radius 1 is 0.828 bits per heavy atom. The van der Waals surface area contributed by atoms with Gasteiger partial charge in [-0.05, 0) is 36.4 Å². The third-order valence-corrected chi connectivity index (χ3v) is 5.39. The van der Waals surface area contributed by atoms with Crippen LogP contribution in [0.2, 0.25) is 5.02 Å². The van der Waals surface area contributed by atoms with Crippen molar-refractivity contribution >= 4 is 45.2 Å². The summed E-state index contributed by atoms with van der Waals surface area (Å²) in [6, 6.07) is 7.03. The summed E-state index contributed by atoms with van der Waals surface area (Å²) in [7, 11) is -0.808. The van der Waals surface area contributed by atoms with Gasteiger partial charge in [0.25, 0.3) is 10.0 Å². The van der Waals surface area contributed by atoms with Crippen molar-refractivity contribution in [3.05, 3.63) is 58.1 Å². The Bertz CT molecular complexity index is 1050. The lowest BCUT2D eigenvalue weighted by Gasteiger charge is -2.12. The fourth-order valence-electron chi connectivity index (χ4n) is 2.31. The first-order valence-corrected chi connectivity index (χ1v) is 9.71. The van der Waals surface area contributed by atoms with E-state index in [1.807, 2.05) is 0 Å². The van der Waals surface area contributed by atoms with E-state index < -0.39 is 27.9 Å². The Morgan fingerprint density at radius 2 is 1.34 bits per heavy atom. The number of benzene rings is 2. The minimum absolute atomic E-state index is 0.0106. The highest BCUT2D eigenvalue weighted by Gasteiger charge is 2.21. The zero-order valence-corrected chi connectivity index (χ0v) is 17.1. The van der Waals surface area contributed by atoms with E-state index in [4.69, 9.17) is 11.6 Å². The second kappa shape index (κ2) is 8.93. The number of esters is 3. The zero-order valence-electron chi connectivity index (χ0n) is 15.5. The topological polar surface area (TPSA) is 125 Å². The summed E-state index contributed by atoms with van der Waals surface area (Å²) in [5.74, 6) is -2.38. The largest absolute Gasteiger partial charge is 0.465 e. The molecule has 1 N–H and O–H groups in total. The van der Waals surface area contributed by atoms with Crippen LogP contribution < -0.4 is 4.72 Å². The molecule has 0 amide bonds. The Morgan fingerprint density at radius 3 is 1.83 bits per heavy atom. The minimum atomic E-state index is -4.21. The Hall–Kier alpha value is -3.11. The lowest BCUT2D eigenvalue weighted by Crippen LogP contribution is -2.16. The van der Waals surface area contributed by atoms with E-state index in [1.54, 1.807) is 0 Å². The van der Waals surface area contributed by atoms with Crippen molar-refractivity contribution in [2.45, 2.75) is 4.90 Å². The van der Waals surface area contributed by atoms with Crippen LogP contribution in [0.1, 0.15) is 31.1 Å². The smallest absolute Gasteiger partial charge is 0.339 e. The third-order valence-electron chi connectivity index (χ3n) is 3.68. The molecule has 29 heavy (non-hydrogen) atoms. The number of sulfonamides is 1. The van der Waals surface area contributed by atoms with Gasteiger partial charge >= 0.3 is 17.9 Å². The second-order valence-corrected chi connectivity index (χ2v) is 7.61. The predicted molar refractivity (Wildman–Crippen MR) is 103 cm³/mol. The maximum atomic E-state index is 12.7. The van der Waals surface area contributed by atoms with Crippen molar-refractivity contribution in [3.63, 3.8) is 0 Å². The van der Waals surface area contributed by atoms with Crippen molar-refractivity contribution in [2.24, 2.45) is 0 Å². The van der Waals surface area contributed by atoms with E-state index in [2.05, 4.69) is 18.9 Å². The number of rotatable bonds is 6. The quantitative estimate of drug-likeness (QED) is 0.535. The van der Waals surface area contributed by atoms with E-state index in [0.717, 1.165) is 27.4 Å². The van der Waals surface area contributed by atoms with Crippen LogP contribution in [0.5, 0.6) is 0 Å². The van der Waals surface area contributed by atoms with Crippen LogP contribution in [0.3, 0.4) is 0 Å². The van der Waals surface area contributed by atoms with Crippen LogP contribution in [0, 0.1) is 0 Å². The van der Waals surface area contributed by atoms with Gasteiger partial charge in [0.2, 0.25) is 0 Å². The van der Waals surface area contributed by atoms with Crippen LogP contribution in [0.4, 0.5) is 5.69 Å². The zero-order chi connectivity index (χ0) is 21.8. The molecule has 11 heteroatoms.